The number of furan rings is 1. The van der Waals surface area contributed by atoms with Crippen LogP contribution in [0.1, 0.15) is 29.5 Å². The van der Waals surface area contributed by atoms with Crippen molar-refractivity contribution in [1.82, 2.24) is 4.90 Å². The first kappa shape index (κ1) is 20.5. The summed E-state index contributed by atoms with van der Waals surface area (Å²) in [6, 6.07) is 14.5. The summed E-state index contributed by atoms with van der Waals surface area (Å²) < 4.78 is 11.5. The predicted molar refractivity (Wildman–Crippen MR) is 120 cm³/mol. The molecule has 1 aliphatic heterocycles. The number of carbonyl (C=O) groups is 1. The summed E-state index contributed by atoms with van der Waals surface area (Å²) in [7, 11) is 4.05. The molecule has 5 nitrogen and oxygen atoms in total. The standard InChI is InChI=1S/C25H30N2O3/c1-18-6-11-23-20(17-30-24(23)13-18)14-25(28)27(16-22-5-4-12-29-22)15-19-7-9-21(10-8-19)26(2)3/h6-11,13,17,22H,4-5,12,14-16H2,1-3H3. The summed E-state index contributed by atoms with van der Waals surface area (Å²) in [5, 5.41) is 1.02. The predicted octanol–water partition coefficient (Wildman–Crippen LogP) is 4.56. The molecule has 1 amide bonds. The van der Waals surface area contributed by atoms with Crippen molar-refractivity contribution in [3.63, 3.8) is 0 Å². The molecule has 1 atom stereocenters. The van der Waals surface area contributed by atoms with Crippen molar-refractivity contribution >= 4 is 22.6 Å². The van der Waals surface area contributed by atoms with Gasteiger partial charge < -0.3 is 19.0 Å². The Labute approximate surface area is 178 Å². The molecule has 1 unspecified atom stereocenters. The quantitative estimate of drug-likeness (QED) is 0.577. The zero-order valence-electron chi connectivity index (χ0n) is 18.1. The van der Waals surface area contributed by atoms with Gasteiger partial charge in [-0.05, 0) is 49.1 Å². The Kier molecular flexibility index (Phi) is 6.09. The van der Waals surface area contributed by atoms with Gasteiger partial charge in [-0.2, -0.15) is 0 Å². The van der Waals surface area contributed by atoms with Crippen molar-refractivity contribution in [2.45, 2.75) is 38.8 Å². The average Bonchev–Trinajstić information content (AvgIpc) is 3.37. The Morgan fingerprint density at radius 2 is 1.93 bits per heavy atom. The molecule has 0 aliphatic carbocycles. The molecule has 0 N–H and O–H groups in total. The van der Waals surface area contributed by atoms with E-state index in [0.717, 1.165) is 52.8 Å². The third kappa shape index (κ3) is 4.68. The van der Waals surface area contributed by atoms with Crippen molar-refractivity contribution in [1.29, 1.82) is 0 Å². The van der Waals surface area contributed by atoms with Crippen LogP contribution in [0, 0.1) is 6.92 Å². The van der Waals surface area contributed by atoms with Crippen LogP contribution in [0.4, 0.5) is 5.69 Å². The number of ether oxygens (including phenoxy) is 1. The van der Waals surface area contributed by atoms with E-state index in [1.807, 2.05) is 38.1 Å². The van der Waals surface area contributed by atoms with Crippen LogP contribution in [0.3, 0.4) is 0 Å². The molecule has 2 aromatic carbocycles. The SMILES string of the molecule is Cc1ccc2c(CC(=O)N(Cc3ccc(N(C)C)cc3)CC3CCCO3)coc2c1. The van der Waals surface area contributed by atoms with Gasteiger partial charge >= 0.3 is 0 Å². The van der Waals surface area contributed by atoms with Gasteiger partial charge in [0.1, 0.15) is 5.58 Å². The maximum Gasteiger partial charge on any atom is 0.227 e. The summed E-state index contributed by atoms with van der Waals surface area (Å²) in [6.45, 7) is 4.04. The minimum Gasteiger partial charge on any atom is -0.464 e. The number of benzene rings is 2. The normalized spacial score (nSPS) is 16.2. The maximum atomic E-state index is 13.3. The lowest BCUT2D eigenvalue weighted by Crippen LogP contribution is -2.37. The van der Waals surface area contributed by atoms with Gasteiger partial charge in [-0.25, -0.2) is 0 Å². The molecule has 1 aromatic heterocycles. The zero-order chi connectivity index (χ0) is 21.1. The Bertz CT molecular complexity index is 1000. The fourth-order valence-electron chi connectivity index (χ4n) is 4.01. The van der Waals surface area contributed by atoms with Gasteiger partial charge in [0.05, 0.1) is 18.8 Å². The van der Waals surface area contributed by atoms with Crippen LogP contribution in [0.5, 0.6) is 0 Å². The topological polar surface area (TPSA) is 45.9 Å². The number of amides is 1. The van der Waals surface area contributed by atoms with Gasteiger partial charge in [0.15, 0.2) is 0 Å². The molecule has 0 saturated carbocycles. The van der Waals surface area contributed by atoms with Gasteiger partial charge in [0, 0.05) is 50.4 Å². The Morgan fingerprint density at radius 3 is 2.63 bits per heavy atom. The van der Waals surface area contributed by atoms with E-state index in [1.165, 1.54) is 0 Å². The molecule has 0 bridgehead atoms. The van der Waals surface area contributed by atoms with Crippen LogP contribution in [-0.4, -0.2) is 44.2 Å². The molecule has 1 saturated heterocycles. The monoisotopic (exact) mass is 406 g/mol. The van der Waals surface area contributed by atoms with E-state index in [-0.39, 0.29) is 12.0 Å². The number of anilines is 1. The molecule has 1 fully saturated rings. The third-order valence-corrected chi connectivity index (χ3v) is 5.78. The van der Waals surface area contributed by atoms with Crippen LogP contribution < -0.4 is 4.90 Å². The highest BCUT2D eigenvalue weighted by Gasteiger charge is 2.24. The van der Waals surface area contributed by atoms with Crippen molar-refractivity contribution in [2.75, 3.05) is 32.1 Å². The lowest BCUT2D eigenvalue weighted by molar-refractivity contribution is -0.132. The highest BCUT2D eigenvalue weighted by molar-refractivity contribution is 5.88. The zero-order valence-corrected chi connectivity index (χ0v) is 18.1. The Morgan fingerprint density at radius 1 is 1.13 bits per heavy atom. The average molecular weight is 407 g/mol. The van der Waals surface area contributed by atoms with Gasteiger partial charge in [-0.3, -0.25) is 4.79 Å². The summed E-state index contributed by atoms with van der Waals surface area (Å²) >= 11 is 0. The number of rotatable bonds is 7. The highest BCUT2D eigenvalue weighted by Crippen LogP contribution is 2.24. The van der Waals surface area contributed by atoms with Crippen molar-refractivity contribution in [3.8, 4) is 0 Å². The number of hydrogen-bond acceptors (Lipinski definition) is 4. The molecule has 1 aliphatic rings. The van der Waals surface area contributed by atoms with Crippen LogP contribution in [0.25, 0.3) is 11.0 Å². The van der Waals surface area contributed by atoms with Crippen LogP contribution in [0.15, 0.2) is 53.1 Å². The molecule has 158 valence electrons. The van der Waals surface area contributed by atoms with Crippen molar-refractivity contribution in [2.24, 2.45) is 0 Å². The number of hydrogen-bond donors (Lipinski definition) is 0. The lowest BCUT2D eigenvalue weighted by atomic mass is 10.1. The van der Waals surface area contributed by atoms with Gasteiger partial charge in [-0.1, -0.05) is 24.3 Å². The molecule has 2 heterocycles. The van der Waals surface area contributed by atoms with Crippen LogP contribution in [-0.2, 0) is 22.5 Å². The maximum absolute atomic E-state index is 13.3. The minimum absolute atomic E-state index is 0.102. The van der Waals surface area contributed by atoms with Gasteiger partial charge in [0.25, 0.3) is 0 Å². The number of aryl methyl sites for hydroxylation is 1. The van der Waals surface area contributed by atoms with E-state index in [0.29, 0.717) is 19.5 Å². The minimum atomic E-state index is 0.102. The summed E-state index contributed by atoms with van der Waals surface area (Å²) in [5.74, 6) is 0.102. The van der Waals surface area contributed by atoms with E-state index >= 15 is 0 Å². The second-order valence-electron chi connectivity index (χ2n) is 8.41. The molecular formula is C25H30N2O3. The van der Waals surface area contributed by atoms with Gasteiger partial charge in [-0.15, -0.1) is 0 Å². The second-order valence-corrected chi connectivity index (χ2v) is 8.41. The van der Waals surface area contributed by atoms with Gasteiger partial charge in [0.2, 0.25) is 5.91 Å². The van der Waals surface area contributed by atoms with Crippen molar-refractivity contribution < 1.29 is 13.9 Å². The third-order valence-electron chi connectivity index (χ3n) is 5.78. The summed E-state index contributed by atoms with van der Waals surface area (Å²) in [5.41, 5.74) is 5.20. The van der Waals surface area contributed by atoms with E-state index < -0.39 is 0 Å². The van der Waals surface area contributed by atoms with Crippen LogP contribution >= 0.6 is 0 Å². The van der Waals surface area contributed by atoms with E-state index in [1.54, 1.807) is 6.26 Å². The lowest BCUT2D eigenvalue weighted by Gasteiger charge is -2.26. The summed E-state index contributed by atoms with van der Waals surface area (Å²) in [4.78, 5) is 17.3. The Hall–Kier alpha value is -2.79. The fourth-order valence-corrected chi connectivity index (χ4v) is 4.01. The molecule has 3 aromatic rings. The van der Waals surface area contributed by atoms with Crippen molar-refractivity contribution in [3.05, 3.63) is 65.4 Å². The molecule has 4 rings (SSSR count). The number of carbonyl (C=O) groups excluding carboxylic acids is 1. The first-order chi connectivity index (χ1) is 14.5. The molecule has 0 radical (unpaired) electrons. The van der Waals surface area contributed by atoms with E-state index in [9.17, 15) is 4.79 Å². The number of nitrogens with zero attached hydrogens (tertiary/aromatic N) is 2. The smallest absolute Gasteiger partial charge is 0.227 e. The largest absolute Gasteiger partial charge is 0.464 e. The molecule has 30 heavy (non-hydrogen) atoms. The van der Waals surface area contributed by atoms with E-state index in [2.05, 4.69) is 35.2 Å². The molecular weight excluding hydrogens is 376 g/mol. The van der Waals surface area contributed by atoms with E-state index in [4.69, 9.17) is 9.15 Å². The molecule has 5 heteroatoms. The Balaban J connectivity index is 1.52. The van der Waals surface area contributed by atoms with Crippen LogP contribution in [0.2, 0.25) is 0 Å². The summed E-state index contributed by atoms with van der Waals surface area (Å²) in [6.07, 6.45) is 4.25. The highest BCUT2D eigenvalue weighted by atomic mass is 16.5. The molecule has 0 spiro atoms. The first-order valence-electron chi connectivity index (χ1n) is 10.6. The fraction of sp³-hybridized carbons (Fsp3) is 0.400. The second kappa shape index (κ2) is 8.92. The first-order valence-corrected chi connectivity index (χ1v) is 10.6. The number of fused-ring (bicyclic) bond motifs is 1.